The Labute approximate surface area is 96.2 Å². The van der Waals surface area contributed by atoms with Crippen molar-refractivity contribution in [3.8, 4) is 0 Å². The second-order valence-electron chi connectivity index (χ2n) is 3.62. The molecule has 0 radical (unpaired) electrons. The summed E-state index contributed by atoms with van der Waals surface area (Å²) in [5.41, 5.74) is 2.53. The van der Waals surface area contributed by atoms with E-state index < -0.39 is 0 Å². The zero-order valence-corrected chi connectivity index (χ0v) is 9.99. The van der Waals surface area contributed by atoms with Crippen molar-refractivity contribution in [2.24, 2.45) is 0 Å². The van der Waals surface area contributed by atoms with E-state index in [9.17, 15) is 4.79 Å². The third-order valence-electron chi connectivity index (χ3n) is 2.42. The summed E-state index contributed by atoms with van der Waals surface area (Å²) in [7, 11) is 0. The molecular weight excluding hydrogens is 202 g/mol. The van der Waals surface area contributed by atoms with E-state index in [0.29, 0.717) is 6.61 Å². The number of ether oxygens (including phenoxy) is 1. The first-order chi connectivity index (χ1) is 7.60. The molecule has 1 rings (SSSR count). The van der Waals surface area contributed by atoms with Crippen molar-refractivity contribution in [1.29, 1.82) is 0 Å². The molecular formula is C13H17NO2. The largest absolute Gasteiger partial charge is 0.465 e. The van der Waals surface area contributed by atoms with Crippen molar-refractivity contribution in [3.63, 3.8) is 0 Å². The summed E-state index contributed by atoms with van der Waals surface area (Å²) >= 11 is 0. The van der Waals surface area contributed by atoms with Crippen LogP contribution in [0, 0.1) is 6.92 Å². The minimum atomic E-state index is -0.333. The monoisotopic (exact) mass is 219 g/mol. The van der Waals surface area contributed by atoms with Gasteiger partial charge in [-0.05, 0) is 38.5 Å². The molecule has 1 unspecified atom stereocenters. The van der Waals surface area contributed by atoms with E-state index in [1.165, 1.54) is 0 Å². The summed E-state index contributed by atoms with van der Waals surface area (Å²) in [6.07, 6.45) is 1.67. The maximum Gasteiger partial charge on any atom is 0.314 e. The van der Waals surface area contributed by atoms with Gasteiger partial charge in [0.1, 0.15) is 0 Å². The molecule has 1 aromatic rings. The molecule has 3 heteroatoms. The van der Waals surface area contributed by atoms with Crippen LogP contribution in [0.15, 0.2) is 18.7 Å². The van der Waals surface area contributed by atoms with E-state index in [1.54, 1.807) is 19.9 Å². The van der Waals surface area contributed by atoms with Crippen LogP contribution in [-0.2, 0) is 9.53 Å². The van der Waals surface area contributed by atoms with Gasteiger partial charge in [-0.15, -0.1) is 0 Å². The molecule has 0 fully saturated rings. The number of aromatic nitrogens is 1. The fourth-order valence-electron chi connectivity index (χ4n) is 1.49. The molecule has 0 saturated carbocycles. The summed E-state index contributed by atoms with van der Waals surface area (Å²) < 4.78 is 4.98. The third-order valence-corrected chi connectivity index (χ3v) is 2.42. The highest BCUT2D eigenvalue weighted by molar-refractivity contribution is 5.77. The Kier molecular flexibility index (Phi) is 4.23. The van der Waals surface area contributed by atoms with E-state index in [4.69, 9.17) is 4.74 Å². The van der Waals surface area contributed by atoms with Gasteiger partial charge in [-0.3, -0.25) is 9.78 Å². The first-order valence-electron chi connectivity index (χ1n) is 5.36. The predicted molar refractivity (Wildman–Crippen MR) is 64.1 cm³/mol. The molecule has 0 aliphatic heterocycles. The van der Waals surface area contributed by atoms with Gasteiger partial charge in [0.2, 0.25) is 0 Å². The van der Waals surface area contributed by atoms with Gasteiger partial charge in [0, 0.05) is 0 Å². The Morgan fingerprint density at radius 1 is 1.62 bits per heavy atom. The van der Waals surface area contributed by atoms with Gasteiger partial charge in [0.05, 0.1) is 23.9 Å². The number of aryl methyl sites for hydroxylation is 1. The number of carbonyl (C=O) groups excluding carboxylic acids is 1. The first-order valence-corrected chi connectivity index (χ1v) is 5.36. The highest BCUT2D eigenvalue weighted by atomic mass is 16.5. The zero-order valence-electron chi connectivity index (χ0n) is 9.99. The number of rotatable bonds is 4. The number of hydrogen-bond donors (Lipinski definition) is 0. The molecule has 1 heterocycles. The van der Waals surface area contributed by atoms with Crippen molar-refractivity contribution < 1.29 is 9.53 Å². The van der Waals surface area contributed by atoms with Crippen LogP contribution in [0.3, 0.4) is 0 Å². The minimum absolute atomic E-state index is 0.237. The van der Waals surface area contributed by atoms with Crippen molar-refractivity contribution in [1.82, 2.24) is 4.98 Å². The van der Waals surface area contributed by atoms with Crippen LogP contribution in [0.4, 0.5) is 0 Å². The summed E-state index contributed by atoms with van der Waals surface area (Å²) in [6.45, 7) is 9.59. The van der Waals surface area contributed by atoms with Crippen LogP contribution in [0.1, 0.15) is 36.7 Å². The minimum Gasteiger partial charge on any atom is -0.465 e. The van der Waals surface area contributed by atoms with Gasteiger partial charge in [0.25, 0.3) is 0 Å². The second kappa shape index (κ2) is 5.45. The summed E-state index contributed by atoms with van der Waals surface area (Å²) in [5, 5.41) is 0. The lowest BCUT2D eigenvalue weighted by Gasteiger charge is -2.12. The molecule has 16 heavy (non-hydrogen) atoms. The van der Waals surface area contributed by atoms with Crippen molar-refractivity contribution in [2.45, 2.75) is 26.7 Å². The van der Waals surface area contributed by atoms with Crippen molar-refractivity contribution >= 4 is 12.0 Å². The number of pyridine rings is 1. The molecule has 0 spiro atoms. The smallest absolute Gasteiger partial charge is 0.314 e. The Balaban J connectivity index is 3.01. The first kappa shape index (κ1) is 12.4. The number of nitrogens with zero attached hydrogens (tertiary/aromatic N) is 1. The Morgan fingerprint density at radius 2 is 2.31 bits per heavy atom. The molecule has 0 aliphatic rings. The van der Waals surface area contributed by atoms with Gasteiger partial charge in [-0.2, -0.15) is 0 Å². The Hall–Kier alpha value is -1.64. The zero-order chi connectivity index (χ0) is 12.1. The Bertz CT molecular complexity index is 399. The summed E-state index contributed by atoms with van der Waals surface area (Å²) in [6, 6.07) is 3.82. The number of hydrogen-bond acceptors (Lipinski definition) is 3. The van der Waals surface area contributed by atoms with Gasteiger partial charge in [0.15, 0.2) is 0 Å². The third kappa shape index (κ3) is 2.69. The lowest BCUT2D eigenvalue weighted by atomic mass is 10.0. The van der Waals surface area contributed by atoms with E-state index in [2.05, 4.69) is 11.6 Å². The summed E-state index contributed by atoms with van der Waals surface area (Å²) in [5.74, 6) is -0.570. The quantitative estimate of drug-likeness (QED) is 0.731. The maximum atomic E-state index is 11.6. The van der Waals surface area contributed by atoms with E-state index >= 15 is 0 Å². The van der Waals surface area contributed by atoms with Crippen LogP contribution >= 0.6 is 0 Å². The van der Waals surface area contributed by atoms with Crippen LogP contribution in [0.5, 0.6) is 0 Å². The van der Waals surface area contributed by atoms with Crippen LogP contribution < -0.4 is 0 Å². The van der Waals surface area contributed by atoms with Gasteiger partial charge < -0.3 is 4.74 Å². The predicted octanol–water partition coefficient (Wildman–Crippen LogP) is 2.70. The molecule has 0 N–H and O–H groups in total. The maximum absolute atomic E-state index is 11.6. The Morgan fingerprint density at radius 3 is 2.88 bits per heavy atom. The van der Waals surface area contributed by atoms with Crippen LogP contribution in [0.25, 0.3) is 6.08 Å². The summed E-state index contributed by atoms with van der Waals surface area (Å²) in [4.78, 5) is 16.0. The number of carbonyl (C=O) groups is 1. The average Bonchev–Trinajstić information content (AvgIpc) is 2.29. The molecule has 1 aromatic heterocycles. The average molecular weight is 219 g/mol. The molecule has 0 saturated heterocycles. The van der Waals surface area contributed by atoms with Crippen molar-refractivity contribution in [2.75, 3.05) is 6.61 Å². The van der Waals surface area contributed by atoms with Crippen molar-refractivity contribution in [3.05, 3.63) is 35.7 Å². The van der Waals surface area contributed by atoms with E-state index in [-0.39, 0.29) is 11.9 Å². The molecule has 1 atom stereocenters. The molecule has 86 valence electrons. The number of esters is 1. The van der Waals surface area contributed by atoms with E-state index in [1.807, 2.05) is 19.1 Å². The van der Waals surface area contributed by atoms with Crippen LogP contribution in [0.2, 0.25) is 0 Å². The SMILES string of the molecule is C=Cc1ccc(C)c(C(C)C(=O)OCC)n1. The lowest BCUT2D eigenvalue weighted by Crippen LogP contribution is -2.15. The standard InChI is InChI=1S/C13H17NO2/c1-5-11-8-7-9(3)12(14-11)10(4)13(15)16-6-2/h5,7-8,10H,1,6H2,2-4H3. The molecule has 0 bridgehead atoms. The molecule has 0 aromatic carbocycles. The topological polar surface area (TPSA) is 39.2 Å². The lowest BCUT2D eigenvalue weighted by molar-refractivity contribution is -0.144. The van der Waals surface area contributed by atoms with Gasteiger partial charge >= 0.3 is 5.97 Å². The fraction of sp³-hybridized carbons (Fsp3) is 0.385. The highest BCUT2D eigenvalue weighted by Gasteiger charge is 2.19. The van der Waals surface area contributed by atoms with Gasteiger partial charge in [-0.25, -0.2) is 0 Å². The molecule has 0 aliphatic carbocycles. The van der Waals surface area contributed by atoms with E-state index in [0.717, 1.165) is 17.0 Å². The molecule has 0 amide bonds. The highest BCUT2D eigenvalue weighted by Crippen LogP contribution is 2.19. The molecule has 3 nitrogen and oxygen atoms in total. The van der Waals surface area contributed by atoms with Crippen LogP contribution in [-0.4, -0.2) is 17.6 Å². The fourth-order valence-corrected chi connectivity index (χ4v) is 1.49. The van der Waals surface area contributed by atoms with Gasteiger partial charge in [-0.1, -0.05) is 12.6 Å². The second-order valence-corrected chi connectivity index (χ2v) is 3.62. The normalized spacial score (nSPS) is 11.9.